The van der Waals surface area contributed by atoms with Crippen molar-refractivity contribution in [3.05, 3.63) is 58.8 Å². The zero-order chi connectivity index (χ0) is 22.1. The number of aliphatic hydroxyl groups excluding tert-OH is 1. The molecular weight excluding hydrogens is 398 g/mol. The predicted octanol–water partition coefficient (Wildman–Crippen LogP) is 3.04. The number of nitrogens with zero attached hydrogens (tertiary/aromatic N) is 2. The number of rotatable bonds is 7. The zero-order valence-corrected chi connectivity index (χ0v) is 17.7. The van der Waals surface area contributed by atoms with Crippen molar-refractivity contribution in [1.29, 1.82) is 0 Å². The van der Waals surface area contributed by atoms with Crippen LogP contribution in [0.4, 0.5) is 0 Å². The molecule has 31 heavy (non-hydrogen) atoms. The van der Waals surface area contributed by atoms with Crippen LogP contribution in [0.5, 0.6) is 17.2 Å². The van der Waals surface area contributed by atoms with Crippen LogP contribution in [0.3, 0.4) is 0 Å². The molecule has 2 aromatic carbocycles. The fourth-order valence-corrected chi connectivity index (χ4v) is 4.08. The van der Waals surface area contributed by atoms with Crippen molar-refractivity contribution < 1.29 is 24.5 Å². The monoisotopic (exact) mass is 423 g/mol. The summed E-state index contributed by atoms with van der Waals surface area (Å²) in [4.78, 5) is 14.9. The summed E-state index contributed by atoms with van der Waals surface area (Å²) < 4.78 is 10.8. The number of amides is 1. The van der Waals surface area contributed by atoms with Crippen molar-refractivity contribution >= 4 is 5.91 Å². The van der Waals surface area contributed by atoms with E-state index >= 15 is 0 Å². The standard InChI is InChI=1S/C23H25N3O5/c1-13-5-7-16(28)15(11-13)20-19-21(25-24-20)23(29)26(9-4-10-27)22(19)14-6-8-17(30-2)18(12-14)31-3/h5-8,11-12,22,27-28H,4,9-10H2,1-3H3,(H,24,25)/t22-/m1/s1. The summed E-state index contributed by atoms with van der Waals surface area (Å²) in [6.07, 6.45) is 0.443. The highest BCUT2D eigenvalue weighted by Crippen LogP contribution is 2.46. The summed E-state index contributed by atoms with van der Waals surface area (Å²) in [5.74, 6) is 1.02. The quantitative estimate of drug-likeness (QED) is 0.539. The van der Waals surface area contributed by atoms with Crippen LogP contribution in [-0.4, -0.2) is 58.6 Å². The number of phenols is 1. The van der Waals surface area contributed by atoms with Gasteiger partial charge in [-0.2, -0.15) is 5.10 Å². The molecule has 0 spiro atoms. The van der Waals surface area contributed by atoms with Gasteiger partial charge in [-0.15, -0.1) is 0 Å². The third kappa shape index (κ3) is 3.48. The van der Waals surface area contributed by atoms with Crippen LogP contribution >= 0.6 is 0 Å². The molecule has 162 valence electrons. The van der Waals surface area contributed by atoms with E-state index in [2.05, 4.69) is 10.2 Å². The van der Waals surface area contributed by atoms with E-state index in [1.165, 1.54) is 0 Å². The van der Waals surface area contributed by atoms with Crippen molar-refractivity contribution in [3.63, 3.8) is 0 Å². The normalized spacial score (nSPS) is 15.3. The fraction of sp³-hybridized carbons (Fsp3) is 0.304. The van der Waals surface area contributed by atoms with Crippen LogP contribution in [-0.2, 0) is 0 Å². The molecular formula is C23H25N3O5. The van der Waals surface area contributed by atoms with Crippen LogP contribution in [0.25, 0.3) is 11.3 Å². The van der Waals surface area contributed by atoms with Crippen molar-refractivity contribution in [2.75, 3.05) is 27.4 Å². The third-order valence-electron chi connectivity index (χ3n) is 5.55. The molecule has 2 heterocycles. The molecule has 1 atom stereocenters. The maximum Gasteiger partial charge on any atom is 0.273 e. The minimum absolute atomic E-state index is 0.0276. The van der Waals surface area contributed by atoms with Crippen molar-refractivity contribution in [3.8, 4) is 28.5 Å². The summed E-state index contributed by atoms with van der Waals surface area (Å²) in [6.45, 7) is 2.27. The topological polar surface area (TPSA) is 108 Å². The van der Waals surface area contributed by atoms with Gasteiger partial charge in [0.25, 0.3) is 5.91 Å². The second-order valence-corrected chi connectivity index (χ2v) is 7.47. The van der Waals surface area contributed by atoms with E-state index in [1.54, 1.807) is 31.3 Å². The number of carbonyl (C=O) groups is 1. The fourth-order valence-electron chi connectivity index (χ4n) is 4.08. The number of ether oxygens (including phenoxy) is 2. The second kappa shape index (κ2) is 8.31. The molecule has 1 amide bonds. The molecule has 1 aliphatic rings. The first-order valence-electron chi connectivity index (χ1n) is 10.0. The Morgan fingerprint density at radius 1 is 1.13 bits per heavy atom. The SMILES string of the molecule is COc1ccc([C@@H]2c3c(-c4cc(C)ccc4O)n[nH]c3C(=O)N2CCCO)cc1OC. The molecule has 1 aromatic heterocycles. The molecule has 4 rings (SSSR count). The average molecular weight is 423 g/mol. The molecule has 0 unspecified atom stereocenters. The van der Waals surface area contributed by atoms with E-state index in [1.807, 2.05) is 31.2 Å². The first-order chi connectivity index (χ1) is 15.0. The van der Waals surface area contributed by atoms with Gasteiger partial charge in [0.2, 0.25) is 0 Å². The highest BCUT2D eigenvalue weighted by atomic mass is 16.5. The predicted molar refractivity (Wildman–Crippen MR) is 115 cm³/mol. The number of methoxy groups -OCH3 is 2. The van der Waals surface area contributed by atoms with Gasteiger partial charge in [0, 0.05) is 24.3 Å². The average Bonchev–Trinajstić information content (AvgIpc) is 3.32. The number of hydrogen-bond donors (Lipinski definition) is 3. The van der Waals surface area contributed by atoms with Gasteiger partial charge in [-0.25, -0.2) is 0 Å². The Morgan fingerprint density at radius 2 is 1.90 bits per heavy atom. The van der Waals surface area contributed by atoms with Crippen LogP contribution < -0.4 is 9.47 Å². The van der Waals surface area contributed by atoms with Gasteiger partial charge in [-0.1, -0.05) is 17.7 Å². The number of phenolic OH excluding ortho intramolecular Hbond substituents is 1. The van der Waals surface area contributed by atoms with Gasteiger partial charge in [-0.3, -0.25) is 9.89 Å². The molecule has 3 aromatic rings. The number of fused-ring (bicyclic) bond motifs is 1. The molecule has 0 radical (unpaired) electrons. The summed E-state index contributed by atoms with van der Waals surface area (Å²) in [7, 11) is 3.13. The van der Waals surface area contributed by atoms with E-state index < -0.39 is 6.04 Å². The summed E-state index contributed by atoms with van der Waals surface area (Å²) in [5.41, 5.74) is 3.94. The van der Waals surface area contributed by atoms with Crippen LogP contribution in [0.2, 0.25) is 0 Å². The number of nitrogens with one attached hydrogen (secondary N) is 1. The van der Waals surface area contributed by atoms with Gasteiger partial charge in [0.15, 0.2) is 11.5 Å². The number of aliphatic hydroxyl groups is 1. The Morgan fingerprint density at radius 3 is 2.61 bits per heavy atom. The first kappa shape index (κ1) is 20.7. The lowest BCUT2D eigenvalue weighted by Crippen LogP contribution is -2.31. The Balaban J connectivity index is 1.90. The van der Waals surface area contributed by atoms with E-state index in [0.29, 0.717) is 47.0 Å². The Labute approximate surface area is 180 Å². The number of H-pyrrole nitrogens is 1. The number of hydrogen-bond acceptors (Lipinski definition) is 6. The van der Waals surface area contributed by atoms with E-state index in [-0.39, 0.29) is 18.3 Å². The number of aromatic nitrogens is 2. The Hall–Kier alpha value is -3.52. The highest BCUT2D eigenvalue weighted by molar-refractivity contribution is 6.00. The molecule has 1 aliphatic heterocycles. The van der Waals surface area contributed by atoms with Gasteiger partial charge >= 0.3 is 0 Å². The van der Waals surface area contributed by atoms with E-state index in [0.717, 1.165) is 11.1 Å². The van der Waals surface area contributed by atoms with Gasteiger partial charge in [0.05, 0.1) is 20.3 Å². The molecule has 8 nitrogen and oxygen atoms in total. The van der Waals surface area contributed by atoms with Crippen molar-refractivity contribution in [1.82, 2.24) is 15.1 Å². The molecule has 3 N–H and O–H groups in total. The van der Waals surface area contributed by atoms with Gasteiger partial charge in [-0.05, 0) is 43.2 Å². The van der Waals surface area contributed by atoms with Crippen molar-refractivity contribution in [2.24, 2.45) is 0 Å². The lowest BCUT2D eigenvalue weighted by molar-refractivity contribution is 0.0732. The molecule has 0 saturated carbocycles. The van der Waals surface area contributed by atoms with Crippen LogP contribution in [0.15, 0.2) is 36.4 Å². The highest BCUT2D eigenvalue weighted by Gasteiger charge is 2.42. The summed E-state index contributed by atoms with van der Waals surface area (Å²) >= 11 is 0. The summed E-state index contributed by atoms with van der Waals surface area (Å²) in [6, 6.07) is 10.3. The molecule has 0 saturated heterocycles. The van der Waals surface area contributed by atoms with E-state index in [9.17, 15) is 15.0 Å². The zero-order valence-electron chi connectivity index (χ0n) is 17.7. The largest absolute Gasteiger partial charge is 0.507 e. The lowest BCUT2D eigenvalue weighted by atomic mass is 9.94. The number of carbonyl (C=O) groups excluding carboxylic acids is 1. The number of aromatic amines is 1. The minimum Gasteiger partial charge on any atom is -0.507 e. The number of aryl methyl sites for hydroxylation is 1. The molecule has 0 fully saturated rings. The third-order valence-corrected chi connectivity index (χ3v) is 5.55. The molecule has 0 aliphatic carbocycles. The smallest absolute Gasteiger partial charge is 0.273 e. The summed E-state index contributed by atoms with van der Waals surface area (Å²) in [5, 5.41) is 27.1. The molecule has 8 heteroatoms. The second-order valence-electron chi connectivity index (χ2n) is 7.47. The van der Waals surface area contributed by atoms with E-state index in [4.69, 9.17) is 9.47 Å². The van der Waals surface area contributed by atoms with Gasteiger partial charge in [0.1, 0.15) is 17.1 Å². The van der Waals surface area contributed by atoms with Crippen LogP contribution in [0, 0.1) is 6.92 Å². The number of aromatic hydroxyl groups is 1. The molecule has 0 bridgehead atoms. The maximum atomic E-state index is 13.2. The lowest BCUT2D eigenvalue weighted by Gasteiger charge is -2.26. The Bertz CT molecular complexity index is 1120. The van der Waals surface area contributed by atoms with Gasteiger partial charge < -0.3 is 24.6 Å². The maximum absolute atomic E-state index is 13.2. The van der Waals surface area contributed by atoms with Crippen LogP contribution in [0.1, 0.15) is 39.6 Å². The minimum atomic E-state index is -0.456. The number of benzene rings is 2. The Kier molecular flexibility index (Phi) is 5.56. The van der Waals surface area contributed by atoms with Crippen molar-refractivity contribution in [2.45, 2.75) is 19.4 Å². The first-order valence-corrected chi connectivity index (χ1v) is 10.0.